The maximum Gasteiger partial charge on any atom is 0.333 e. The topological polar surface area (TPSA) is 76.9 Å². The van der Waals surface area contributed by atoms with E-state index in [-0.39, 0.29) is 16.1 Å². The van der Waals surface area contributed by atoms with E-state index in [4.69, 9.17) is 9.47 Å². The fourth-order valence-electron chi connectivity index (χ4n) is 2.92. The molecule has 1 aliphatic heterocycles. The second-order valence-electron chi connectivity index (χ2n) is 5.93. The van der Waals surface area contributed by atoms with Gasteiger partial charge in [-0.15, -0.1) is 0 Å². The van der Waals surface area contributed by atoms with Crippen LogP contribution in [0.15, 0.2) is 18.2 Å². The Hall–Kier alpha value is -1.86. The summed E-state index contributed by atoms with van der Waals surface area (Å²) >= 11 is 0. The molecular weight excluding hydrogens is 298 g/mol. The van der Waals surface area contributed by atoms with E-state index in [1.54, 1.807) is 18.2 Å². The Labute approximate surface area is 136 Å². The number of likely N-dealkylation sites (N-methyl/N-ethyl adjacent to an activating group) is 1. The van der Waals surface area contributed by atoms with Gasteiger partial charge in [0.1, 0.15) is 5.69 Å². The van der Waals surface area contributed by atoms with Crippen molar-refractivity contribution in [3.05, 3.63) is 28.3 Å². The minimum atomic E-state index is -0.389. The highest BCUT2D eigenvalue weighted by molar-refractivity contribution is 5.68. The molecular formula is C16H25N3O4. The number of nitro benzene ring substituents is 1. The Morgan fingerprint density at radius 2 is 2.09 bits per heavy atom. The quantitative estimate of drug-likeness (QED) is 0.614. The number of hydrogen-bond donors (Lipinski definition) is 1. The van der Waals surface area contributed by atoms with Crippen LogP contribution in [0, 0.1) is 10.1 Å². The van der Waals surface area contributed by atoms with Crippen molar-refractivity contribution in [1.29, 1.82) is 0 Å². The summed E-state index contributed by atoms with van der Waals surface area (Å²) in [5.74, 6) is 0.299. The molecule has 0 spiro atoms. The maximum absolute atomic E-state index is 11.4. The number of ether oxygens (including phenoxy) is 2. The smallest absolute Gasteiger partial charge is 0.333 e. The van der Waals surface area contributed by atoms with Gasteiger partial charge in [-0.3, -0.25) is 10.1 Å². The lowest BCUT2D eigenvalue weighted by molar-refractivity contribution is -0.384. The number of rotatable bonds is 7. The molecule has 1 saturated heterocycles. The molecule has 0 aliphatic carbocycles. The number of para-hydroxylation sites is 1. The van der Waals surface area contributed by atoms with Gasteiger partial charge in [-0.1, -0.05) is 6.07 Å². The van der Waals surface area contributed by atoms with E-state index < -0.39 is 0 Å². The SMILES string of the molecule is CCOc1cccc(NCC2(N(C)C)CCOCC2)c1[N+](=O)[O-]. The summed E-state index contributed by atoms with van der Waals surface area (Å²) in [6.45, 7) is 4.25. The van der Waals surface area contributed by atoms with E-state index in [9.17, 15) is 10.1 Å². The zero-order chi connectivity index (χ0) is 16.9. The summed E-state index contributed by atoms with van der Waals surface area (Å²) in [6, 6.07) is 5.12. The van der Waals surface area contributed by atoms with Crippen molar-refractivity contribution in [3.8, 4) is 5.75 Å². The Morgan fingerprint density at radius 3 is 2.65 bits per heavy atom. The summed E-state index contributed by atoms with van der Waals surface area (Å²) in [7, 11) is 4.08. The average molecular weight is 323 g/mol. The standard InChI is InChI=1S/C16H25N3O4/c1-4-23-14-7-5-6-13(15(14)19(20)21)17-12-16(18(2)3)8-10-22-11-9-16/h5-7,17H,4,8-12H2,1-3H3. The van der Waals surface area contributed by atoms with E-state index in [1.165, 1.54) is 0 Å². The number of benzene rings is 1. The first-order valence-corrected chi connectivity index (χ1v) is 7.89. The van der Waals surface area contributed by atoms with Crippen molar-refractivity contribution >= 4 is 11.4 Å². The highest BCUT2D eigenvalue weighted by atomic mass is 16.6. The number of nitrogens with one attached hydrogen (secondary N) is 1. The first kappa shape index (κ1) is 17.5. The average Bonchev–Trinajstić information content (AvgIpc) is 2.53. The molecule has 23 heavy (non-hydrogen) atoms. The van der Waals surface area contributed by atoms with E-state index >= 15 is 0 Å². The third-order valence-electron chi connectivity index (χ3n) is 4.46. The van der Waals surface area contributed by atoms with Crippen LogP contribution in [0.2, 0.25) is 0 Å². The van der Waals surface area contributed by atoms with E-state index in [2.05, 4.69) is 10.2 Å². The number of anilines is 1. The molecule has 1 fully saturated rings. The van der Waals surface area contributed by atoms with Crippen LogP contribution in [0.1, 0.15) is 19.8 Å². The van der Waals surface area contributed by atoms with Gasteiger partial charge in [0.25, 0.3) is 0 Å². The van der Waals surface area contributed by atoms with Crippen molar-refractivity contribution in [2.75, 3.05) is 45.8 Å². The lowest BCUT2D eigenvalue weighted by Crippen LogP contribution is -2.53. The van der Waals surface area contributed by atoms with Crippen molar-refractivity contribution in [1.82, 2.24) is 4.90 Å². The first-order valence-electron chi connectivity index (χ1n) is 7.89. The molecule has 1 aromatic rings. The second-order valence-corrected chi connectivity index (χ2v) is 5.93. The molecule has 0 unspecified atom stereocenters. The summed E-state index contributed by atoms with van der Waals surface area (Å²) < 4.78 is 10.8. The predicted molar refractivity (Wildman–Crippen MR) is 89.2 cm³/mol. The van der Waals surface area contributed by atoms with Crippen LogP contribution < -0.4 is 10.1 Å². The number of nitro groups is 1. The van der Waals surface area contributed by atoms with Crippen molar-refractivity contribution in [2.24, 2.45) is 0 Å². The van der Waals surface area contributed by atoms with Gasteiger partial charge in [0, 0.05) is 25.3 Å². The molecule has 1 aromatic carbocycles. The minimum Gasteiger partial charge on any atom is -0.487 e. The van der Waals surface area contributed by atoms with Gasteiger partial charge in [0.15, 0.2) is 5.75 Å². The van der Waals surface area contributed by atoms with Crippen molar-refractivity contribution in [3.63, 3.8) is 0 Å². The van der Waals surface area contributed by atoms with Crippen molar-refractivity contribution in [2.45, 2.75) is 25.3 Å². The van der Waals surface area contributed by atoms with E-state index in [0.717, 1.165) is 12.8 Å². The third kappa shape index (κ3) is 3.92. The van der Waals surface area contributed by atoms with Crippen LogP contribution in [-0.4, -0.2) is 55.8 Å². The minimum absolute atomic E-state index is 0.00434. The molecule has 1 aliphatic rings. The highest BCUT2D eigenvalue weighted by Crippen LogP contribution is 2.36. The monoisotopic (exact) mass is 323 g/mol. The van der Waals surface area contributed by atoms with E-state index in [0.29, 0.717) is 37.8 Å². The molecule has 1 N–H and O–H groups in total. The van der Waals surface area contributed by atoms with Crippen LogP contribution in [0.5, 0.6) is 5.75 Å². The first-order chi connectivity index (χ1) is 11.0. The molecule has 0 radical (unpaired) electrons. The Balaban J connectivity index is 2.22. The zero-order valence-corrected chi connectivity index (χ0v) is 14.0. The van der Waals surface area contributed by atoms with Crippen LogP contribution >= 0.6 is 0 Å². The Bertz CT molecular complexity index is 542. The van der Waals surface area contributed by atoms with Gasteiger partial charge in [0.05, 0.1) is 11.5 Å². The molecule has 0 amide bonds. The zero-order valence-electron chi connectivity index (χ0n) is 14.0. The lowest BCUT2D eigenvalue weighted by Gasteiger charge is -2.43. The Morgan fingerprint density at radius 1 is 1.39 bits per heavy atom. The van der Waals surface area contributed by atoms with Gasteiger partial charge in [-0.05, 0) is 46.0 Å². The largest absolute Gasteiger partial charge is 0.487 e. The fourth-order valence-corrected chi connectivity index (χ4v) is 2.92. The second kappa shape index (κ2) is 7.61. The lowest BCUT2D eigenvalue weighted by atomic mass is 9.88. The van der Waals surface area contributed by atoms with Gasteiger partial charge in [0.2, 0.25) is 0 Å². The molecule has 7 nitrogen and oxygen atoms in total. The Kier molecular flexibility index (Phi) is 5.79. The van der Waals surface area contributed by atoms with Crippen LogP contribution in [-0.2, 0) is 4.74 Å². The number of hydrogen-bond acceptors (Lipinski definition) is 6. The van der Waals surface area contributed by atoms with Gasteiger partial charge >= 0.3 is 5.69 Å². The predicted octanol–water partition coefficient (Wildman–Crippen LogP) is 2.52. The molecule has 128 valence electrons. The van der Waals surface area contributed by atoms with Crippen LogP contribution in [0.4, 0.5) is 11.4 Å². The van der Waals surface area contributed by atoms with Crippen LogP contribution in [0.3, 0.4) is 0 Å². The molecule has 0 atom stereocenters. The van der Waals surface area contributed by atoms with E-state index in [1.807, 2.05) is 21.0 Å². The summed E-state index contributed by atoms with van der Waals surface area (Å²) in [4.78, 5) is 13.2. The molecule has 0 aromatic heterocycles. The fraction of sp³-hybridized carbons (Fsp3) is 0.625. The summed E-state index contributed by atoms with van der Waals surface area (Å²) in [6.07, 6.45) is 1.79. The van der Waals surface area contributed by atoms with Crippen LogP contribution in [0.25, 0.3) is 0 Å². The molecule has 2 rings (SSSR count). The number of nitrogens with zero attached hydrogens (tertiary/aromatic N) is 2. The normalized spacial score (nSPS) is 17.0. The summed E-state index contributed by atoms with van der Waals surface area (Å²) in [5.41, 5.74) is 0.428. The van der Waals surface area contributed by atoms with Crippen molar-refractivity contribution < 1.29 is 14.4 Å². The van der Waals surface area contributed by atoms with Gasteiger partial charge < -0.3 is 19.7 Å². The molecule has 1 heterocycles. The van der Waals surface area contributed by atoms with Gasteiger partial charge in [-0.25, -0.2) is 0 Å². The molecule has 0 bridgehead atoms. The molecule has 7 heteroatoms. The maximum atomic E-state index is 11.4. The van der Waals surface area contributed by atoms with Gasteiger partial charge in [-0.2, -0.15) is 0 Å². The highest BCUT2D eigenvalue weighted by Gasteiger charge is 2.35. The third-order valence-corrected chi connectivity index (χ3v) is 4.46. The molecule has 0 saturated carbocycles. The summed E-state index contributed by atoms with van der Waals surface area (Å²) in [5, 5.41) is 14.7.